The number of imidazole rings is 1. The molecule has 1 amide bonds. The summed E-state index contributed by atoms with van der Waals surface area (Å²) in [4.78, 5) is 17.1. The first-order chi connectivity index (χ1) is 10.4. The Morgan fingerprint density at radius 2 is 2.27 bits per heavy atom. The quantitative estimate of drug-likeness (QED) is 0.716. The second kappa shape index (κ2) is 7.21. The molecule has 0 saturated heterocycles. The van der Waals surface area contributed by atoms with Gasteiger partial charge in [0.2, 0.25) is 15.9 Å². The molecule has 0 unspecified atom stereocenters. The van der Waals surface area contributed by atoms with Crippen LogP contribution in [0.15, 0.2) is 17.8 Å². The number of thiazole rings is 1. The van der Waals surface area contributed by atoms with Crippen LogP contribution in [0.5, 0.6) is 0 Å². The van der Waals surface area contributed by atoms with Crippen LogP contribution in [0.4, 0.5) is 0 Å². The number of fused-ring (bicyclic) bond motifs is 1. The van der Waals surface area contributed by atoms with Gasteiger partial charge in [-0.2, -0.15) is 0 Å². The van der Waals surface area contributed by atoms with E-state index >= 15 is 0 Å². The van der Waals surface area contributed by atoms with Gasteiger partial charge in [-0.05, 0) is 6.42 Å². The molecule has 7 nitrogen and oxygen atoms in total. The van der Waals surface area contributed by atoms with Gasteiger partial charge in [0.1, 0.15) is 0 Å². The predicted molar refractivity (Wildman–Crippen MR) is 86.5 cm³/mol. The normalized spacial score (nSPS) is 12.1. The fraction of sp³-hybridized carbons (Fsp3) is 0.538. The van der Waals surface area contributed by atoms with Crippen molar-refractivity contribution in [2.75, 3.05) is 25.9 Å². The third-order valence-corrected chi connectivity index (χ3v) is 5.36. The van der Waals surface area contributed by atoms with E-state index in [2.05, 4.69) is 10.3 Å². The monoisotopic (exact) mass is 344 g/mol. The number of amides is 1. The van der Waals surface area contributed by atoms with Crippen molar-refractivity contribution in [2.24, 2.45) is 0 Å². The van der Waals surface area contributed by atoms with Gasteiger partial charge < -0.3 is 5.32 Å². The molecular formula is C13H20N4O3S2. The Hall–Kier alpha value is -1.45. The van der Waals surface area contributed by atoms with Crippen molar-refractivity contribution in [3.05, 3.63) is 23.5 Å². The molecule has 0 saturated carbocycles. The number of rotatable bonds is 8. The summed E-state index contributed by atoms with van der Waals surface area (Å²) in [5, 5.41) is 4.73. The summed E-state index contributed by atoms with van der Waals surface area (Å²) in [6.45, 7) is 3.10. The van der Waals surface area contributed by atoms with E-state index in [0.29, 0.717) is 26.1 Å². The number of nitrogens with one attached hydrogen (secondary N) is 1. The van der Waals surface area contributed by atoms with Crippen LogP contribution in [0, 0.1) is 0 Å². The largest absolute Gasteiger partial charge is 0.356 e. The number of hydrogen-bond acceptors (Lipinski definition) is 5. The molecule has 0 aromatic carbocycles. The van der Waals surface area contributed by atoms with E-state index in [4.69, 9.17) is 0 Å². The molecular weight excluding hydrogens is 324 g/mol. The molecule has 2 aromatic rings. The third kappa shape index (κ3) is 4.52. The minimum atomic E-state index is -3.16. The fourth-order valence-corrected chi connectivity index (χ4v) is 3.78. The zero-order chi connectivity index (χ0) is 16.2. The second-order valence-electron chi connectivity index (χ2n) is 4.96. The van der Waals surface area contributed by atoms with E-state index in [1.165, 1.54) is 21.9 Å². The minimum Gasteiger partial charge on any atom is -0.356 e. The highest BCUT2D eigenvalue weighted by Crippen LogP contribution is 2.11. The van der Waals surface area contributed by atoms with Crippen molar-refractivity contribution in [3.63, 3.8) is 0 Å². The van der Waals surface area contributed by atoms with Crippen molar-refractivity contribution in [1.82, 2.24) is 19.0 Å². The minimum absolute atomic E-state index is 0.104. The Morgan fingerprint density at radius 1 is 1.50 bits per heavy atom. The maximum atomic E-state index is 11.8. The van der Waals surface area contributed by atoms with Crippen LogP contribution < -0.4 is 5.32 Å². The van der Waals surface area contributed by atoms with Crippen molar-refractivity contribution >= 4 is 32.2 Å². The van der Waals surface area contributed by atoms with Crippen molar-refractivity contribution in [3.8, 4) is 0 Å². The molecule has 9 heteroatoms. The highest BCUT2D eigenvalue weighted by molar-refractivity contribution is 7.88. The zero-order valence-corrected chi connectivity index (χ0v) is 14.3. The van der Waals surface area contributed by atoms with E-state index in [-0.39, 0.29) is 12.3 Å². The van der Waals surface area contributed by atoms with E-state index < -0.39 is 10.0 Å². The van der Waals surface area contributed by atoms with Gasteiger partial charge in [0.25, 0.3) is 0 Å². The molecule has 0 spiro atoms. The molecule has 22 heavy (non-hydrogen) atoms. The Morgan fingerprint density at radius 3 is 2.91 bits per heavy atom. The lowest BCUT2D eigenvalue weighted by molar-refractivity contribution is -0.120. The highest BCUT2D eigenvalue weighted by Gasteiger charge is 2.13. The summed E-state index contributed by atoms with van der Waals surface area (Å²) in [6.07, 6.45) is 5.76. The number of sulfonamides is 1. The van der Waals surface area contributed by atoms with Gasteiger partial charge in [0, 0.05) is 37.4 Å². The SMILES string of the molecule is CCN(CCCNC(=O)Cc1cn2ccsc2n1)S(C)(=O)=O. The van der Waals surface area contributed by atoms with Crippen LogP contribution >= 0.6 is 11.3 Å². The summed E-state index contributed by atoms with van der Waals surface area (Å²) in [6, 6.07) is 0. The van der Waals surface area contributed by atoms with Crippen LogP contribution in [0.2, 0.25) is 0 Å². The maximum absolute atomic E-state index is 11.8. The first kappa shape index (κ1) is 16.9. The summed E-state index contributed by atoms with van der Waals surface area (Å²) in [5.41, 5.74) is 0.732. The topological polar surface area (TPSA) is 83.8 Å². The lowest BCUT2D eigenvalue weighted by Crippen LogP contribution is -2.33. The molecule has 0 radical (unpaired) electrons. The molecule has 2 aromatic heterocycles. The van der Waals surface area contributed by atoms with Crippen molar-refractivity contribution in [2.45, 2.75) is 19.8 Å². The molecule has 0 bridgehead atoms. The van der Waals surface area contributed by atoms with Gasteiger partial charge in [-0.1, -0.05) is 6.92 Å². The van der Waals surface area contributed by atoms with Gasteiger partial charge in [0.15, 0.2) is 4.96 Å². The van der Waals surface area contributed by atoms with Crippen LogP contribution in [-0.2, 0) is 21.2 Å². The summed E-state index contributed by atoms with van der Waals surface area (Å²) >= 11 is 1.52. The Labute approximate surface area is 134 Å². The van der Waals surface area contributed by atoms with Crippen molar-refractivity contribution < 1.29 is 13.2 Å². The average molecular weight is 344 g/mol. The van der Waals surface area contributed by atoms with Gasteiger partial charge in [-0.25, -0.2) is 17.7 Å². The van der Waals surface area contributed by atoms with E-state index in [0.717, 1.165) is 10.7 Å². The van der Waals surface area contributed by atoms with Crippen molar-refractivity contribution in [1.29, 1.82) is 0 Å². The number of carbonyl (C=O) groups excluding carboxylic acids is 1. The smallest absolute Gasteiger partial charge is 0.226 e. The summed E-state index contributed by atoms with van der Waals surface area (Å²) in [5.74, 6) is -0.104. The van der Waals surface area contributed by atoms with Crippen LogP contribution in [0.3, 0.4) is 0 Å². The summed E-state index contributed by atoms with van der Waals surface area (Å²) in [7, 11) is -3.16. The van der Waals surface area contributed by atoms with E-state index in [1.807, 2.05) is 22.2 Å². The molecule has 122 valence electrons. The highest BCUT2D eigenvalue weighted by atomic mass is 32.2. The predicted octanol–water partition coefficient (Wildman–Crippen LogP) is 0.726. The first-order valence-electron chi connectivity index (χ1n) is 7.03. The standard InChI is InChI=1S/C13H20N4O3S2/c1-3-17(22(2,19)20)6-4-5-14-12(18)9-11-10-16-7-8-21-13(16)15-11/h7-8,10H,3-6,9H2,1-2H3,(H,14,18). The Balaban J connectivity index is 1.73. The Kier molecular flexibility index (Phi) is 5.54. The lowest BCUT2D eigenvalue weighted by Gasteiger charge is -2.17. The number of aromatic nitrogens is 2. The molecule has 2 heterocycles. The molecule has 0 aliphatic carbocycles. The van der Waals surface area contributed by atoms with Crippen LogP contribution in [-0.4, -0.2) is 53.9 Å². The molecule has 0 fully saturated rings. The molecule has 0 atom stereocenters. The second-order valence-corrected chi connectivity index (χ2v) is 7.82. The number of nitrogens with zero attached hydrogens (tertiary/aromatic N) is 3. The van der Waals surface area contributed by atoms with Gasteiger partial charge >= 0.3 is 0 Å². The van der Waals surface area contributed by atoms with Gasteiger partial charge in [-0.15, -0.1) is 11.3 Å². The lowest BCUT2D eigenvalue weighted by atomic mass is 10.3. The maximum Gasteiger partial charge on any atom is 0.226 e. The molecule has 2 rings (SSSR count). The fourth-order valence-electron chi connectivity index (χ4n) is 2.13. The van der Waals surface area contributed by atoms with E-state index in [1.54, 1.807) is 6.92 Å². The van der Waals surface area contributed by atoms with E-state index in [9.17, 15) is 13.2 Å². The Bertz CT molecular complexity index is 707. The summed E-state index contributed by atoms with van der Waals surface area (Å²) < 4.78 is 26.1. The average Bonchev–Trinajstić information content (AvgIpc) is 2.97. The zero-order valence-electron chi connectivity index (χ0n) is 12.7. The molecule has 0 aliphatic heterocycles. The first-order valence-corrected chi connectivity index (χ1v) is 9.76. The number of carbonyl (C=O) groups is 1. The number of hydrogen-bond donors (Lipinski definition) is 1. The molecule has 1 N–H and O–H groups in total. The van der Waals surface area contributed by atoms with Gasteiger partial charge in [-0.3, -0.25) is 9.20 Å². The third-order valence-electron chi connectivity index (χ3n) is 3.21. The van der Waals surface area contributed by atoms with Crippen LogP contribution in [0.25, 0.3) is 4.96 Å². The van der Waals surface area contributed by atoms with Gasteiger partial charge in [0.05, 0.1) is 18.4 Å². The van der Waals surface area contributed by atoms with Crippen LogP contribution in [0.1, 0.15) is 19.0 Å². The molecule has 0 aliphatic rings.